The monoisotopic (exact) mass is 448 g/mol. The van der Waals surface area contributed by atoms with Gasteiger partial charge in [0.15, 0.2) is 5.78 Å². The molecule has 0 amide bonds. The first-order valence-corrected chi connectivity index (χ1v) is 10.7. The molecule has 0 saturated carbocycles. The third-order valence-corrected chi connectivity index (χ3v) is 7.09. The van der Waals surface area contributed by atoms with Crippen molar-refractivity contribution in [2.75, 3.05) is 0 Å². The van der Waals surface area contributed by atoms with Crippen LogP contribution in [0.1, 0.15) is 36.5 Å². The van der Waals surface area contributed by atoms with E-state index in [-0.39, 0.29) is 40.6 Å². The Morgan fingerprint density at radius 3 is 2.35 bits per heavy atom. The highest BCUT2D eigenvalue weighted by atomic mass is 35.5. The molecule has 0 spiro atoms. The van der Waals surface area contributed by atoms with E-state index in [2.05, 4.69) is 0 Å². The Bertz CT molecular complexity index is 1120. The van der Waals surface area contributed by atoms with Crippen LogP contribution in [0.2, 0.25) is 5.02 Å². The zero-order valence-corrected chi connectivity index (χ0v) is 17.4. The number of carbonyl (C=O) groups is 1. The number of benzene rings is 2. The number of rotatable bonds is 3. The average molecular weight is 449 g/mol. The van der Waals surface area contributed by atoms with E-state index in [1.54, 1.807) is 18.2 Å². The number of aliphatic hydroxyl groups excluding tert-OH is 1. The fourth-order valence-corrected chi connectivity index (χ4v) is 5.53. The molecule has 2 heterocycles. The van der Waals surface area contributed by atoms with Crippen molar-refractivity contribution >= 4 is 23.0 Å². The van der Waals surface area contributed by atoms with Crippen molar-refractivity contribution in [3.63, 3.8) is 0 Å². The van der Waals surface area contributed by atoms with E-state index in [9.17, 15) is 23.1 Å². The summed E-state index contributed by atoms with van der Waals surface area (Å²) in [6.07, 6.45) is -2.63. The molecule has 7 heteroatoms. The van der Waals surface area contributed by atoms with Crippen LogP contribution in [0.15, 0.2) is 42.2 Å². The molecule has 4 atom stereocenters. The lowest BCUT2D eigenvalue weighted by Crippen LogP contribution is -2.29. The summed E-state index contributed by atoms with van der Waals surface area (Å²) in [4.78, 5) is 13.3. The largest absolute Gasteiger partial charge is 0.511 e. The topological polar surface area (TPSA) is 46.5 Å². The van der Waals surface area contributed by atoms with E-state index in [0.29, 0.717) is 28.7 Å². The van der Waals surface area contributed by atoms with E-state index >= 15 is 0 Å². The van der Waals surface area contributed by atoms with Crippen LogP contribution in [0.5, 0.6) is 0 Å². The maximum absolute atomic E-state index is 13.3. The lowest BCUT2D eigenvalue weighted by atomic mass is 9.80. The second-order valence-corrected chi connectivity index (χ2v) is 8.79. The molecular weight excluding hydrogens is 429 g/mol. The van der Waals surface area contributed by atoms with Gasteiger partial charge in [0.2, 0.25) is 0 Å². The predicted octanol–water partition coefficient (Wildman–Crippen LogP) is 6.23. The van der Waals surface area contributed by atoms with E-state index in [4.69, 9.17) is 16.3 Å². The molecule has 2 aromatic rings. The van der Waals surface area contributed by atoms with E-state index in [1.165, 1.54) is 12.1 Å². The summed E-state index contributed by atoms with van der Waals surface area (Å²) in [7, 11) is 0. The van der Waals surface area contributed by atoms with Gasteiger partial charge in [-0.3, -0.25) is 4.79 Å². The number of aliphatic hydroxyl groups is 1. The summed E-state index contributed by atoms with van der Waals surface area (Å²) < 4.78 is 45.8. The Balaban J connectivity index is 1.62. The van der Waals surface area contributed by atoms with Gasteiger partial charge in [-0.05, 0) is 59.7 Å². The lowest BCUT2D eigenvalue weighted by molar-refractivity contribution is -0.137. The highest BCUT2D eigenvalue weighted by molar-refractivity contribution is 6.31. The van der Waals surface area contributed by atoms with Gasteiger partial charge < -0.3 is 9.84 Å². The van der Waals surface area contributed by atoms with Crippen molar-refractivity contribution in [3.05, 3.63) is 63.9 Å². The maximum Gasteiger partial charge on any atom is 0.417 e. The minimum atomic E-state index is -4.57. The van der Waals surface area contributed by atoms with Crippen LogP contribution in [0.4, 0.5) is 13.2 Å². The summed E-state index contributed by atoms with van der Waals surface area (Å²) in [5.41, 5.74) is 1.69. The number of halogens is 4. The van der Waals surface area contributed by atoms with E-state index in [1.807, 2.05) is 6.92 Å². The summed E-state index contributed by atoms with van der Waals surface area (Å²) in [6.45, 7) is 1.94. The highest BCUT2D eigenvalue weighted by Gasteiger charge is 2.59. The van der Waals surface area contributed by atoms with Crippen molar-refractivity contribution in [3.8, 4) is 11.1 Å². The third-order valence-electron chi connectivity index (χ3n) is 6.76. The first-order chi connectivity index (χ1) is 14.7. The number of carbonyl (C=O) groups excluding carboxylic acids is 1. The zero-order chi connectivity index (χ0) is 22.1. The SMILES string of the molecule is CCc1ccc(-c2ccc(Cl)c(C(F)(F)F)c2)cc1C1=C(O)[C@@H]2C3CCC(O3)[C@@H]2C1=O. The number of ether oxygens (including phenoxy) is 1. The molecule has 2 bridgehead atoms. The van der Waals surface area contributed by atoms with Crippen molar-refractivity contribution in [2.24, 2.45) is 11.8 Å². The molecule has 162 valence electrons. The Hall–Kier alpha value is -2.31. The molecule has 2 aliphatic heterocycles. The normalized spacial score (nSPS) is 27.3. The molecule has 2 aromatic carbocycles. The third kappa shape index (κ3) is 3.11. The second kappa shape index (κ2) is 7.10. The van der Waals surface area contributed by atoms with Gasteiger partial charge in [0.1, 0.15) is 5.76 Å². The fourth-order valence-electron chi connectivity index (χ4n) is 5.31. The molecule has 3 aliphatic rings. The number of aryl methyl sites for hydroxylation is 1. The number of alkyl halides is 3. The Morgan fingerprint density at radius 1 is 1.06 bits per heavy atom. The molecule has 31 heavy (non-hydrogen) atoms. The average Bonchev–Trinajstić information content (AvgIpc) is 3.41. The van der Waals surface area contributed by atoms with Crippen LogP contribution in [-0.4, -0.2) is 23.1 Å². The van der Waals surface area contributed by atoms with Crippen LogP contribution in [-0.2, 0) is 22.1 Å². The van der Waals surface area contributed by atoms with Crippen LogP contribution in [0, 0.1) is 11.8 Å². The molecule has 3 nitrogen and oxygen atoms in total. The fraction of sp³-hybridized carbons (Fsp3) is 0.375. The smallest absolute Gasteiger partial charge is 0.417 e. The van der Waals surface area contributed by atoms with Crippen molar-refractivity contribution < 1.29 is 27.8 Å². The molecule has 0 aromatic heterocycles. The number of fused-ring (bicyclic) bond motifs is 5. The minimum absolute atomic E-state index is 0.0566. The minimum Gasteiger partial charge on any atom is -0.511 e. The molecule has 2 unspecified atom stereocenters. The molecule has 5 rings (SSSR count). The Morgan fingerprint density at radius 2 is 1.71 bits per heavy atom. The van der Waals surface area contributed by atoms with Crippen LogP contribution in [0.3, 0.4) is 0 Å². The van der Waals surface area contributed by atoms with Crippen LogP contribution in [0.25, 0.3) is 16.7 Å². The molecule has 1 N–H and O–H groups in total. The Labute approximate surface area is 182 Å². The van der Waals surface area contributed by atoms with Crippen LogP contribution >= 0.6 is 11.6 Å². The molecular formula is C24H20ClF3O3. The van der Waals surface area contributed by atoms with Crippen LogP contribution < -0.4 is 0 Å². The number of allylic oxidation sites excluding steroid dienone is 1. The van der Waals surface area contributed by atoms with Gasteiger partial charge in [-0.25, -0.2) is 0 Å². The summed E-state index contributed by atoms with van der Waals surface area (Å²) in [5.74, 6) is -0.758. The first-order valence-electron chi connectivity index (χ1n) is 10.3. The zero-order valence-electron chi connectivity index (χ0n) is 16.7. The number of hydrogen-bond donors (Lipinski definition) is 1. The quantitative estimate of drug-likeness (QED) is 0.605. The lowest BCUT2D eigenvalue weighted by Gasteiger charge is -2.19. The van der Waals surface area contributed by atoms with E-state index < -0.39 is 11.7 Å². The Kier molecular flexibility index (Phi) is 4.72. The van der Waals surface area contributed by atoms with Crippen molar-refractivity contribution in [2.45, 2.75) is 44.6 Å². The number of ketones is 1. The maximum atomic E-state index is 13.3. The van der Waals surface area contributed by atoms with Gasteiger partial charge in [0, 0.05) is 0 Å². The highest BCUT2D eigenvalue weighted by Crippen LogP contribution is 2.54. The summed E-state index contributed by atoms with van der Waals surface area (Å²) >= 11 is 5.76. The number of Topliss-reactive ketones (excluding diaryl/α,β-unsaturated/α-hetero) is 1. The van der Waals surface area contributed by atoms with Gasteiger partial charge in [-0.2, -0.15) is 13.2 Å². The standard InChI is InChI=1S/C24H20ClF3O3/c1-2-11-3-4-12(13-5-6-16(25)15(10-13)24(26,27)28)9-14(11)19-22(29)20-17-7-8-18(31-17)21(20)23(19)30/h3-6,9-10,17-18,20-21,29H,2,7-8H2,1H3/t17?,18?,20-,21+/m1/s1. The van der Waals surface area contributed by atoms with Gasteiger partial charge in [-0.1, -0.05) is 36.7 Å². The molecule has 0 radical (unpaired) electrons. The van der Waals surface area contributed by atoms with Gasteiger partial charge in [0.05, 0.1) is 40.2 Å². The van der Waals surface area contributed by atoms with Gasteiger partial charge in [0.25, 0.3) is 0 Å². The van der Waals surface area contributed by atoms with E-state index in [0.717, 1.165) is 24.5 Å². The van der Waals surface area contributed by atoms with Crippen molar-refractivity contribution in [1.82, 2.24) is 0 Å². The second-order valence-electron chi connectivity index (χ2n) is 8.38. The predicted molar refractivity (Wildman–Crippen MR) is 111 cm³/mol. The first kappa shape index (κ1) is 20.6. The molecule has 2 saturated heterocycles. The van der Waals surface area contributed by atoms with Crippen molar-refractivity contribution in [1.29, 1.82) is 0 Å². The van der Waals surface area contributed by atoms with Gasteiger partial charge >= 0.3 is 6.18 Å². The summed E-state index contributed by atoms with van der Waals surface area (Å²) in [5, 5.41) is 10.6. The van der Waals surface area contributed by atoms with Gasteiger partial charge in [-0.15, -0.1) is 0 Å². The summed E-state index contributed by atoms with van der Waals surface area (Å²) in [6, 6.07) is 9.01. The molecule has 1 aliphatic carbocycles. The molecule has 2 fully saturated rings. The number of hydrogen-bond acceptors (Lipinski definition) is 3.